The first kappa shape index (κ1) is 21.8. The van der Waals surface area contributed by atoms with Crippen LogP contribution in [-0.2, 0) is 9.53 Å². The number of imide groups is 1. The molecule has 0 saturated carbocycles. The molecule has 7 heteroatoms. The van der Waals surface area contributed by atoms with Gasteiger partial charge in [0.25, 0.3) is 11.8 Å². The van der Waals surface area contributed by atoms with Crippen molar-refractivity contribution in [2.24, 2.45) is 0 Å². The van der Waals surface area contributed by atoms with Crippen LogP contribution in [0.1, 0.15) is 38.8 Å². The second kappa shape index (κ2) is 9.00. The fourth-order valence-electron chi connectivity index (χ4n) is 3.64. The van der Waals surface area contributed by atoms with Gasteiger partial charge in [0, 0.05) is 11.1 Å². The topological polar surface area (TPSA) is 93.1 Å². The molecule has 0 spiro atoms. The molecule has 4 rings (SSSR count). The van der Waals surface area contributed by atoms with Crippen molar-refractivity contribution in [1.82, 2.24) is 0 Å². The van der Waals surface area contributed by atoms with Crippen LogP contribution in [0.4, 0.5) is 5.69 Å². The first-order valence-corrected chi connectivity index (χ1v) is 10.3. The van der Waals surface area contributed by atoms with Crippen molar-refractivity contribution in [3.05, 3.63) is 89.0 Å². The summed E-state index contributed by atoms with van der Waals surface area (Å²) in [5, 5.41) is 9.87. The number of hydrogen-bond acceptors (Lipinski definition) is 6. The second-order valence-corrected chi connectivity index (χ2v) is 7.25. The average Bonchev–Trinajstić information content (AvgIpc) is 2.83. The molecule has 1 aliphatic rings. The van der Waals surface area contributed by atoms with Gasteiger partial charge in [-0.1, -0.05) is 24.3 Å². The molecule has 0 aliphatic carbocycles. The summed E-state index contributed by atoms with van der Waals surface area (Å²) >= 11 is 0. The largest absolute Gasteiger partial charge is 0.504 e. The van der Waals surface area contributed by atoms with E-state index in [9.17, 15) is 19.5 Å². The standard InChI is InChI=1S/C26H21NO6/c1-3-33-26(31)17-9-11-18(12-10-17)27-24(29)20-7-5-4-6-19(20)21(25(27)30)14-16-8-13-22(28)23(15-16)32-2/h4-15,28H,3H2,1-2H3/b21-14-. The lowest BCUT2D eigenvalue weighted by Crippen LogP contribution is -2.41. The highest BCUT2D eigenvalue weighted by Gasteiger charge is 2.35. The van der Waals surface area contributed by atoms with Gasteiger partial charge in [-0.25, -0.2) is 9.69 Å². The van der Waals surface area contributed by atoms with Crippen LogP contribution in [0.2, 0.25) is 0 Å². The molecular formula is C26H21NO6. The second-order valence-electron chi connectivity index (χ2n) is 7.25. The predicted molar refractivity (Wildman–Crippen MR) is 123 cm³/mol. The number of amides is 2. The maximum absolute atomic E-state index is 13.5. The molecule has 0 bridgehead atoms. The Morgan fingerprint density at radius 1 is 0.970 bits per heavy atom. The van der Waals surface area contributed by atoms with Gasteiger partial charge in [-0.05, 0) is 66.6 Å². The van der Waals surface area contributed by atoms with Crippen LogP contribution in [0, 0.1) is 0 Å². The predicted octanol–water partition coefficient (Wildman–Crippen LogP) is 4.31. The number of aromatic hydroxyl groups is 1. The number of hydrogen-bond donors (Lipinski definition) is 1. The zero-order valence-corrected chi connectivity index (χ0v) is 18.1. The highest BCUT2D eigenvalue weighted by Crippen LogP contribution is 2.35. The third-order valence-electron chi connectivity index (χ3n) is 5.24. The molecule has 2 amide bonds. The van der Waals surface area contributed by atoms with E-state index in [2.05, 4.69) is 0 Å². The highest BCUT2D eigenvalue weighted by atomic mass is 16.5. The maximum atomic E-state index is 13.5. The van der Waals surface area contributed by atoms with E-state index >= 15 is 0 Å². The zero-order valence-electron chi connectivity index (χ0n) is 18.1. The van der Waals surface area contributed by atoms with E-state index in [4.69, 9.17) is 9.47 Å². The minimum Gasteiger partial charge on any atom is -0.504 e. The molecule has 166 valence electrons. The summed E-state index contributed by atoms with van der Waals surface area (Å²) in [7, 11) is 1.44. The summed E-state index contributed by atoms with van der Waals surface area (Å²) in [5.41, 5.74) is 2.48. The van der Waals surface area contributed by atoms with E-state index in [1.54, 1.807) is 49.4 Å². The number of ether oxygens (including phenoxy) is 2. The third-order valence-corrected chi connectivity index (χ3v) is 5.24. The molecule has 0 saturated heterocycles. The summed E-state index contributed by atoms with van der Waals surface area (Å²) in [5.74, 6) is -1.20. The first-order valence-electron chi connectivity index (χ1n) is 10.3. The zero-order chi connectivity index (χ0) is 23.5. The highest BCUT2D eigenvalue weighted by molar-refractivity contribution is 6.43. The molecule has 0 radical (unpaired) electrons. The van der Waals surface area contributed by atoms with Gasteiger partial charge in [0.05, 0.1) is 25.0 Å². The Morgan fingerprint density at radius 3 is 2.33 bits per heavy atom. The number of rotatable bonds is 5. The van der Waals surface area contributed by atoms with Crippen molar-refractivity contribution in [2.75, 3.05) is 18.6 Å². The van der Waals surface area contributed by atoms with Crippen molar-refractivity contribution < 1.29 is 29.0 Å². The van der Waals surface area contributed by atoms with Crippen LogP contribution in [0.5, 0.6) is 11.5 Å². The quantitative estimate of drug-likeness (QED) is 0.359. The molecular weight excluding hydrogens is 422 g/mol. The Morgan fingerprint density at radius 2 is 1.67 bits per heavy atom. The average molecular weight is 443 g/mol. The van der Waals surface area contributed by atoms with E-state index in [-0.39, 0.29) is 18.1 Å². The van der Waals surface area contributed by atoms with E-state index in [1.165, 1.54) is 37.4 Å². The number of benzene rings is 3. The first-order chi connectivity index (χ1) is 15.9. The molecule has 1 N–H and O–H groups in total. The van der Waals surface area contributed by atoms with Crippen LogP contribution in [-0.4, -0.2) is 36.6 Å². The molecule has 3 aromatic rings. The minimum absolute atomic E-state index is 0.0199. The normalized spacial score (nSPS) is 14.2. The van der Waals surface area contributed by atoms with Gasteiger partial charge in [0.2, 0.25) is 0 Å². The minimum atomic E-state index is -0.505. The van der Waals surface area contributed by atoms with Gasteiger partial charge in [0.15, 0.2) is 11.5 Å². The summed E-state index contributed by atoms with van der Waals surface area (Å²) in [6.45, 7) is 1.96. The molecule has 7 nitrogen and oxygen atoms in total. The number of carbonyl (C=O) groups is 3. The van der Waals surface area contributed by atoms with Crippen molar-refractivity contribution in [3.8, 4) is 11.5 Å². The summed E-state index contributed by atoms with van der Waals surface area (Å²) in [6.07, 6.45) is 1.65. The van der Waals surface area contributed by atoms with Gasteiger partial charge < -0.3 is 14.6 Å². The Labute approximate surface area is 190 Å². The molecule has 0 aromatic heterocycles. The third kappa shape index (κ3) is 4.08. The lowest BCUT2D eigenvalue weighted by Gasteiger charge is -2.28. The maximum Gasteiger partial charge on any atom is 0.338 e. The van der Waals surface area contributed by atoms with Crippen molar-refractivity contribution in [3.63, 3.8) is 0 Å². The molecule has 0 fully saturated rings. The lowest BCUT2D eigenvalue weighted by atomic mass is 9.91. The monoisotopic (exact) mass is 443 g/mol. The Kier molecular flexibility index (Phi) is 5.95. The van der Waals surface area contributed by atoms with E-state index < -0.39 is 17.8 Å². The van der Waals surface area contributed by atoms with Crippen molar-refractivity contribution >= 4 is 35.1 Å². The number of methoxy groups -OCH3 is 1. The van der Waals surface area contributed by atoms with Gasteiger partial charge in [-0.2, -0.15) is 0 Å². The molecule has 1 aliphatic heterocycles. The summed E-state index contributed by atoms with van der Waals surface area (Å²) < 4.78 is 10.1. The lowest BCUT2D eigenvalue weighted by molar-refractivity contribution is -0.112. The van der Waals surface area contributed by atoms with Crippen LogP contribution in [0.25, 0.3) is 11.6 Å². The Balaban J connectivity index is 1.79. The fourth-order valence-corrected chi connectivity index (χ4v) is 3.64. The van der Waals surface area contributed by atoms with Gasteiger partial charge >= 0.3 is 5.97 Å². The smallest absolute Gasteiger partial charge is 0.338 e. The number of nitrogens with zero attached hydrogens (tertiary/aromatic N) is 1. The number of carbonyl (C=O) groups excluding carboxylic acids is 3. The number of anilines is 1. The number of phenolic OH excluding ortho intramolecular Hbond substituents is 1. The molecule has 1 heterocycles. The SMILES string of the molecule is CCOC(=O)c1ccc(N2C(=O)/C(=C\c3ccc(O)c(OC)c3)c3ccccc3C2=O)cc1. The molecule has 0 atom stereocenters. The van der Waals surface area contributed by atoms with Gasteiger partial charge in [-0.3, -0.25) is 9.59 Å². The Hall–Kier alpha value is -4.39. The van der Waals surface area contributed by atoms with Crippen LogP contribution < -0.4 is 9.64 Å². The van der Waals surface area contributed by atoms with Gasteiger partial charge in [0.1, 0.15) is 0 Å². The molecule has 33 heavy (non-hydrogen) atoms. The van der Waals surface area contributed by atoms with E-state index in [0.29, 0.717) is 33.5 Å². The number of esters is 1. The fraction of sp³-hybridized carbons (Fsp3) is 0.115. The molecule has 0 unspecified atom stereocenters. The van der Waals surface area contributed by atoms with Crippen molar-refractivity contribution in [2.45, 2.75) is 6.92 Å². The van der Waals surface area contributed by atoms with Crippen LogP contribution >= 0.6 is 0 Å². The van der Waals surface area contributed by atoms with Crippen LogP contribution in [0.15, 0.2) is 66.7 Å². The Bertz CT molecular complexity index is 1280. The van der Waals surface area contributed by atoms with Crippen LogP contribution in [0.3, 0.4) is 0 Å². The van der Waals surface area contributed by atoms with E-state index in [0.717, 1.165) is 4.90 Å². The van der Waals surface area contributed by atoms with E-state index in [1.807, 2.05) is 0 Å². The number of phenols is 1. The summed E-state index contributed by atoms with van der Waals surface area (Å²) in [4.78, 5) is 39.8. The van der Waals surface area contributed by atoms with Crippen molar-refractivity contribution in [1.29, 1.82) is 0 Å². The molecule has 3 aromatic carbocycles. The number of fused-ring (bicyclic) bond motifs is 1. The van der Waals surface area contributed by atoms with Gasteiger partial charge in [-0.15, -0.1) is 0 Å². The summed E-state index contributed by atoms with van der Waals surface area (Å²) in [6, 6.07) is 17.7.